The predicted molar refractivity (Wildman–Crippen MR) is 125 cm³/mol. The fourth-order valence-electron chi connectivity index (χ4n) is 4.05. The number of aromatic nitrogens is 2. The Bertz CT molecular complexity index is 964. The van der Waals surface area contributed by atoms with E-state index in [4.69, 9.17) is 0 Å². The van der Waals surface area contributed by atoms with Crippen LogP contribution in [0.25, 0.3) is 23.1 Å². The van der Waals surface area contributed by atoms with Gasteiger partial charge < -0.3 is 14.7 Å². The highest BCUT2D eigenvalue weighted by molar-refractivity contribution is 5.96. The van der Waals surface area contributed by atoms with Crippen molar-refractivity contribution in [2.24, 2.45) is 0 Å². The molecule has 5 heteroatoms. The van der Waals surface area contributed by atoms with Crippen LogP contribution in [0.4, 0.5) is 11.4 Å². The number of rotatable bonds is 6. The first-order valence-electron chi connectivity index (χ1n) is 10.6. The predicted octanol–water partition coefficient (Wildman–Crippen LogP) is 4.33. The molecule has 29 heavy (non-hydrogen) atoms. The van der Waals surface area contributed by atoms with Crippen LogP contribution in [0.2, 0.25) is 0 Å². The second-order valence-electron chi connectivity index (χ2n) is 7.70. The van der Waals surface area contributed by atoms with Gasteiger partial charge in [-0.1, -0.05) is 36.4 Å². The number of aromatic amines is 1. The van der Waals surface area contributed by atoms with Crippen LogP contribution >= 0.6 is 0 Å². The van der Waals surface area contributed by atoms with E-state index in [1.165, 1.54) is 22.3 Å². The number of nitrogens with zero attached hydrogens (tertiary/aromatic N) is 4. The summed E-state index contributed by atoms with van der Waals surface area (Å²) in [6, 6.07) is 15.0. The molecule has 0 aliphatic carbocycles. The first-order chi connectivity index (χ1) is 14.2. The van der Waals surface area contributed by atoms with Crippen molar-refractivity contribution in [3.05, 3.63) is 53.7 Å². The minimum absolute atomic E-state index is 0.988. The van der Waals surface area contributed by atoms with Gasteiger partial charge in [0, 0.05) is 44.7 Å². The zero-order chi connectivity index (χ0) is 20.2. The number of fused-ring (bicyclic) bond motifs is 1. The van der Waals surface area contributed by atoms with Crippen LogP contribution in [-0.2, 0) is 0 Å². The van der Waals surface area contributed by atoms with E-state index in [2.05, 4.69) is 94.3 Å². The monoisotopic (exact) mass is 389 g/mol. The van der Waals surface area contributed by atoms with E-state index in [0.717, 1.165) is 50.5 Å². The Kier molecular flexibility index (Phi) is 5.86. The molecule has 0 spiro atoms. The maximum Gasteiger partial charge on any atom is 0.0928 e. The van der Waals surface area contributed by atoms with Crippen molar-refractivity contribution in [1.29, 1.82) is 0 Å². The van der Waals surface area contributed by atoms with Gasteiger partial charge in [0.25, 0.3) is 0 Å². The van der Waals surface area contributed by atoms with Crippen LogP contribution in [0.5, 0.6) is 0 Å². The van der Waals surface area contributed by atoms with Gasteiger partial charge in [0.1, 0.15) is 0 Å². The molecule has 0 unspecified atom stereocenters. The topological polar surface area (TPSA) is 38.4 Å². The summed E-state index contributed by atoms with van der Waals surface area (Å²) in [6.07, 6.45) is 4.23. The van der Waals surface area contributed by atoms with Gasteiger partial charge in [-0.2, -0.15) is 5.10 Å². The van der Waals surface area contributed by atoms with Crippen LogP contribution in [0, 0.1) is 0 Å². The van der Waals surface area contributed by atoms with Crippen molar-refractivity contribution < 1.29 is 0 Å². The second-order valence-corrected chi connectivity index (χ2v) is 7.70. The molecule has 5 nitrogen and oxygen atoms in total. The standard InChI is InChI=1S/C24H31N5/c1-4-28(5-2)23-17-20-21(12-11-19-9-7-6-8-10-19)25-26-22(20)18-24(23)29-15-13-27(3)14-16-29/h6-12,17-18H,4-5,13-16H2,1-3H3,(H,25,26). The van der Waals surface area contributed by atoms with Crippen LogP contribution < -0.4 is 9.80 Å². The van der Waals surface area contributed by atoms with Crippen LogP contribution in [0.1, 0.15) is 25.1 Å². The molecule has 0 atom stereocenters. The van der Waals surface area contributed by atoms with Gasteiger partial charge in [-0.15, -0.1) is 0 Å². The molecule has 152 valence electrons. The lowest BCUT2D eigenvalue weighted by Crippen LogP contribution is -2.45. The maximum atomic E-state index is 4.60. The van der Waals surface area contributed by atoms with Gasteiger partial charge in [-0.3, -0.25) is 5.10 Å². The normalized spacial score (nSPS) is 15.5. The lowest BCUT2D eigenvalue weighted by Gasteiger charge is -2.37. The van der Waals surface area contributed by atoms with Crippen LogP contribution in [-0.4, -0.2) is 61.4 Å². The summed E-state index contributed by atoms with van der Waals surface area (Å²) in [5.41, 5.74) is 5.89. The third kappa shape index (κ3) is 4.15. The molecule has 1 aromatic heterocycles. The van der Waals surface area contributed by atoms with Gasteiger partial charge >= 0.3 is 0 Å². The molecular weight excluding hydrogens is 358 g/mol. The second kappa shape index (κ2) is 8.70. The smallest absolute Gasteiger partial charge is 0.0928 e. The van der Waals surface area contributed by atoms with E-state index >= 15 is 0 Å². The number of anilines is 2. The Hall–Kier alpha value is -2.79. The Balaban J connectivity index is 1.74. The Morgan fingerprint density at radius 1 is 1.00 bits per heavy atom. The summed E-state index contributed by atoms with van der Waals surface area (Å²) in [5, 5.41) is 9.04. The minimum atomic E-state index is 0.988. The van der Waals surface area contributed by atoms with E-state index in [9.17, 15) is 0 Å². The van der Waals surface area contributed by atoms with Crippen molar-refractivity contribution in [3.63, 3.8) is 0 Å². The van der Waals surface area contributed by atoms with Crippen LogP contribution in [0.15, 0.2) is 42.5 Å². The number of nitrogens with one attached hydrogen (secondary N) is 1. The molecule has 0 bridgehead atoms. The average molecular weight is 390 g/mol. The number of hydrogen-bond acceptors (Lipinski definition) is 4. The molecule has 1 N–H and O–H groups in total. The highest BCUT2D eigenvalue weighted by Crippen LogP contribution is 2.35. The highest BCUT2D eigenvalue weighted by atomic mass is 15.3. The molecule has 4 rings (SSSR count). The number of likely N-dealkylation sites (N-methyl/N-ethyl adjacent to an activating group) is 1. The summed E-state index contributed by atoms with van der Waals surface area (Å²) in [4.78, 5) is 7.37. The summed E-state index contributed by atoms with van der Waals surface area (Å²) < 4.78 is 0. The molecular formula is C24H31N5. The van der Waals surface area contributed by atoms with Gasteiger partial charge in [0.2, 0.25) is 0 Å². The molecule has 0 saturated carbocycles. The molecule has 0 amide bonds. The SMILES string of the molecule is CCN(CC)c1cc2c(C=Cc3ccccc3)n[nH]c2cc1N1CCN(C)CC1. The van der Waals surface area contributed by atoms with E-state index in [0.29, 0.717) is 0 Å². The number of piperazine rings is 1. The molecule has 2 aromatic carbocycles. The van der Waals surface area contributed by atoms with Gasteiger partial charge in [-0.25, -0.2) is 0 Å². The fraction of sp³-hybridized carbons (Fsp3) is 0.375. The van der Waals surface area contributed by atoms with Crippen molar-refractivity contribution in [3.8, 4) is 0 Å². The van der Waals surface area contributed by atoms with Gasteiger partial charge in [0.15, 0.2) is 0 Å². The summed E-state index contributed by atoms with van der Waals surface area (Å²) in [7, 11) is 2.20. The Morgan fingerprint density at radius 2 is 1.72 bits per heavy atom. The Morgan fingerprint density at radius 3 is 2.41 bits per heavy atom. The summed E-state index contributed by atoms with van der Waals surface area (Å²) in [5.74, 6) is 0. The van der Waals surface area contributed by atoms with Crippen LogP contribution in [0.3, 0.4) is 0 Å². The molecule has 3 aromatic rings. The molecule has 1 aliphatic heterocycles. The maximum absolute atomic E-state index is 4.60. The summed E-state index contributed by atoms with van der Waals surface area (Å²) >= 11 is 0. The Labute approximate surface area is 173 Å². The molecule has 0 radical (unpaired) electrons. The van der Waals surface area contributed by atoms with Crippen molar-refractivity contribution in [2.75, 3.05) is 56.1 Å². The molecule has 1 saturated heterocycles. The number of benzene rings is 2. The quantitative estimate of drug-likeness (QED) is 0.681. The van der Waals surface area contributed by atoms with Crippen molar-refractivity contribution in [1.82, 2.24) is 15.1 Å². The molecule has 1 aliphatic rings. The third-order valence-corrected chi connectivity index (χ3v) is 5.87. The van der Waals surface area contributed by atoms with E-state index in [-0.39, 0.29) is 0 Å². The van der Waals surface area contributed by atoms with Gasteiger partial charge in [0.05, 0.1) is 22.6 Å². The first-order valence-corrected chi connectivity index (χ1v) is 10.6. The fourth-order valence-corrected chi connectivity index (χ4v) is 4.05. The highest BCUT2D eigenvalue weighted by Gasteiger charge is 2.21. The molecule has 2 heterocycles. The van der Waals surface area contributed by atoms with E-state index in [1.807, 2.05) is 6.07 Å². The lowest BCUT2D eigenvalue weighted by molar-refractivity contribution is 0.313. The van der Waals surface area contributed by atoms with Gasteiger partial charge in [-0.05, 0) is 44.7 Å². The number of hydrogen-bond donors (Lipinski definition) is 1. The van der Waals surface area contributed by atoms with Crippen molar-refractivity contribution in [2.45, 2.75) is 13.8 Å². The zero-order valence-electron chi connectivity index (χ0n) is 17.7. The largest absolute Gasteiger partial charge is 0.370 e. The third-order valence-electron chi connectivity index (χ3n) is 5.87. The van der Waals surface area contributed by atoms with Crippen molar-refractivity contribution >= 4 is 34.4 Å². The summed E-state index contributed by atoms with van der Waals surface area (Å²) in [6.45, 7) is 10.8. The molecule has 1 fully saturated rings. The average Bonchev–Trinajstić information content (AvgIpc) is 3.16. The van der Waals surface area contributed by atoms with E-state index in [1.54, 1.807) is 0 Å². The van der Waals surface area contributed by atoms with E-state index < -0.39 is 0 Å². The minimum Gasteiger partial charge on any atom is -0.370 e. The lowest BCUT2D eigenvalue weighted by atomic mass is 10.1. The number of H-pyrrole nitrogens is 1. The zero-order valence-corrected chi connectivity index (χ0v) is 17.7. The first kappa shape index (κ1) is 19.5.